The van der Waals surface area contributed by atoms with Crippen molar-refractivity contribution in [2.24, 2.45) is 0 Å². The van der Waals surface area contributed by atoms with Crippen LogP contribution in [0.1, 0.15) is 5.56 Å². The molecule has 214 valence electrons. The Labute approximate surface area is 190 Å². The first-order chi connectivity index (χ1) is 16.1. The smallest absolute Gasteiger partial charge is 0.258 e. The maximum absolute atomic E-state index is 13.8. The summed E-state index contributed by atoms with van der Waals surface area (Å²) in [4.78, 5) is 9.23. The number of hydrogen-bond donors (Lipinski definition) is 0. The quantitative estimate of drug-likeness (QED) is 0.0952. The van der Waals surface area contributed by atoms with E-state index in [4.69, 9.17) is 0 Å². The predicted octanol–water partition coefficient (Wildman–Crippen LogP) is 7.25. The number of rotatable bonds is 10. The van der Waals surface area contributed by atoms with Crippen LogP contribution >= 0.6 is 0 Å². The van der Waals surface area contributed by atoms with Gasteiger partial charge in [0.25, 0.3) is 5.69 Å². The fourth-order valence-corrected chi connectivity index (χ4v) is 2.38. The van der Waals surface area contributed by atoms with Gasteiger partial charge in [0, 0.05) is 11.6 Å². The van der Waals surface area contributed by atoms with Crippen LogP contribution in [0.2, 0.25) is 0 Å². The Morgan fingerprint density at radius 2 is 0.973 bits per heavy atom. The molecule has 0 heterocycles. The van der Waals surface area contributed by atoms with E-state index in [1.54, 1.807) is 0 Å². The molecule has 0 saturated heterocycles. The molecule has 0 N–H and O–H groups in total. The number of alkyl halides is 17. The molecule has 0 aliphatic heterocycles. The fourth-order valence-electron chi connectivity index (χ4n) is 2.38. The van der Waals surface area contributed by atoms with Gasteiger partial charge in [-0.1, -0.05) is 23.3 Å². The summed E-state index contributed by atoms with van der Waals surface area (Å²) in [5.41, 5.74) is -2.73. The van der Waals surface area contributed by atoms with Crippen LogP contribution in [0.3, 0.4) is 0 Å². The summed E-state index contributed by atoms with van der Waals surface area (Å²) in [5.74, 6) is -51.7. The van der Waals surface area contributed by atoms with Crippen LogP contribution in [0.4, 0.5) is 84.8 Å². The van der Waals surface area contributed by atoms with Gasteiger partial charge in [0.05, 0.1) is 11.5 Å². The van der Waals surface area contributed by atoms with Gasteiger partial charge in [-0.2, -0.15) is 74.6 Å². The van der Waals surface area contributed by atoms with E-state index in [2.05, 4.69) is 0 Å². The molecule has 1 aromatic carbocycles. The van der Waals surface area contributed by atoms with Crippen LogP contribution in [0, 0.1) is 10.1 Å². The molecule has 0 bridgehead atoms. The molecule has 0 aliphatic rings. The standard InChI is InChI=1S/C15H6F18N2O2/c16-8(17,10(20,21)12(24,25)14(28,29)30)9(18,19)11(22,23)13(26,27)15(31,32)34(33)5-6-3-1-2-4-7(6)35(36)37/h1-4H,5H2. The summed E-state index contributed by atoms with van der Waals surface area (Å²) in [6.45, 7) is -2.56. The second-order valence-corrected chi connectivity index (χ2v) is 6.89. The normalized spacial score (nSPS) is 15.3. The number of benzene rings is 1. The molecule has 0 radical (unpaired) electrons. The topological polar surface area (TPSA) is 46.4 Å². The van der Waals surface area contributed by atoms with Gasteiger partial charge in [-0.25, -0.2) is 0 Å². The summed E-state index contributed by atoms with van der Waals surface area (Å²) < 4.78 is 238. The zero-order valence-corrected chi connectivity index (χ0v) is 16.5. The van der Waals surface area contributed by atoms with Crippen molar-refractivity contribution < 1.29 is 84.0 Å². The first-order valence-electron chi connectivity index (χ1n) is 8.44. The van der Waals surface area contributed by atoms with E-state index >= 15 is 0 Å². The van der Waals surface area contributed by atoms with E-state index in [1.807, 2.05) is 0 Å². The summed E-state index contributed by atoms with van der Waals surface area (Å²) in [7, 11) is 0. The van der Waals surface area contributed by atoms with Gasteiger partial charge in [0.1, 0.15) is 0 Å². The first-order valence-corrected chi connectivity index (χ1v) is 8.44. The second-order valence-electron chi connectivity index (χ2n) is 6.89. The maximum atomic E-state index is 13.8. The minimum Gasteiger partial charge on any atom is -0.258 e. The molecule has 0 amide bonds. The van der Waals surface area contributed by atoms with Crippen LogP contribution in [0.15, 0.2) is 24.3 Å². The molecule has 0 spiro atoms. The van der Waals surface area contributed by atoms with Crippen LogP contribution in [0.5, 0.6) is 0 Å². The van der Waals surface area contributed by atoms with Crippen molar-refractivity contribution in [1.82, 2.24) is 5.12 Å². The molecule has 0 saturated carbocycles. The van der Waals surface area contributed by atoms with Gasteiger partial charge in [0.2, 0.25) is 0 Å². The van der Waals surface area contributed by atoms with Crippen LogP contribution in [0.25, 0.3) is 0 Å². The van der Waals surface area contributed by atoms with E-state index < -0.39 is 75.6 Å². The highest BCUT2D eigenvalue weighted by molar-refractivity contribution is 5.39. The first kappa shape index (κ1) is 32.3. The van der Waals surface area contributed by atoms with Gasteiger partial charge in [-0.05, 0) is 0 Å². The summed E-state index contributed by atoms with van der Waals surface area (Å²) in [6, 6.07) is -5.31. The average Bonchev–Trinajstić information content (AvgIpc) is 2.72. The summed E-state index contributed by atoms with van der Waals surface area (Å²) >= 11 is 0. The van der Waals surface area contributed by atoms with Crippen molar-refractivity contribution in [2.45, 2.75) is 54.3 Å². The van der Waals surface area contributed by atoms with Crippen molar-refractivity contribution >= 4 is 5.69 Å². The lowest BCUT2D eigenvalue weighted by Crippen LogP contribution is -2.75. The molecule has 0 unspecified atom stereocenters. The Morgan fingerprint density at radius 3 is 1.35 bits per heavy atom. The average molecular weight is 588 g/mol. The highest BCUT2D eigenvalue weighted by Gasteiger charge is 2.95. The third-order valence-corrected chi connectivity index (χ3v) is 4.51. The highest BCUT2D eigenvalue weighted by atomic mass is 19.4. The molecular weight excluding hydrogens is 582 g/mol. The van der Waals surface area contributed by atoms with E-state index in [0.29, 0.717) is 18.2 Å². The molecule has 1 rings (SSSR count). The second kappa shape index (κ2) is 8.96. The predicted molar refractivity (Wildman–Crippen MR) is 80.4 cm³/mol. The van der Waals surface area contributed by atoms with Gasteiger partial charge in [-0.3, -0.25) is 10.1 Å². The van der Waals surface area contributed by atoms with E-state index in [9.17, 15) is 89.2 Å². The zero-order chi connectivity index (χ0) is 29.8. The van der Waals surface area contributed by atoms with Crippen LogP contribution in [-0.4, -0.2) is 57.8 Å². The minimum atomic E-state index is -8.86. The number of halogens is 18. The van der Waals surface area contributed by atoms with Crippen LogP contribution < -0.4 is 0 Å². The number of nitro benzene ring substituents is 1. The Kier molecular flexibility index (Phi) is 7.84. The largest absolute Gasteiger partial charge is 0.460 e. The highest BCUT2D eigenvalue weighted by Crippen LogP contribution is 2.64. The Morgan fingerprint density at radius 1 is 0.622 bits per heavy atom. The van der Waals surface area contributed by atoms with Crippen molar-refractivity contribution in [3.8, 4) is 0 Å². The molecule has 0 atom stereocenters. The number of hydrogen-bond acceptors (Lipinski definition) is 3. The Balaban J connectivity index is 3.61. The van der Waals surface area contributed by atoms with E-state index in [0.717, 1.165) is 6.07 Å². The van der Waals surface area contributed by atoms with Gasteiger partial charge < -0.3 is 0 Å². The van der Waals surface area contributed by atoms with E-state index in [-0.39, 0.29) is 0 Å². The summed E-state index contributed by atoms with van der Waals surface area (Å²) in [5, 5.41) is 7.86. The minimum absolute atomic E-state index is 0.319. The maximum Gasteiger partial charge on any atom is 0.460 e. The summed E-state index contributed by atoms with van der Waals surface area (Å²) in [6.07, 6.45) is -7.89. The number of nitro groups is 1. The third kappa shape index (κ3) is 4.49. The van der Waals surface area contributed by atoms with Gasteiger partial charge in [0.15, 0.2) is 0 Å². The molecule has 0 fully saturated rings. The monoisotopic (exact) mass is 588 g/mol. The number of para-hydroxylation sites is 1. The fraction of sp³-hybridized carbons (Fsp3) is 0.600. The van der Waals surface area contributed by atoms with Crippen molar-refractivity contribution in [3.63, 3.8) is 0 Å². The number of nitrogens with zero attached hydrogens (tertiary/aromatic N) is 2. The molecule has 1 aromatic rings. The van der Waals surface area contributed by atoms with Gasteiger partial charge in [-0.15, -0.1) is 4.48 Å². The lowest BCUT2D eigenvalue weighted by atomic mass is 9.90. The lowest BCUT2D eigenvalue weighted by molar-refractivity contribution is -0.474. The van der Waals surface area contributed by atoms with Crippen molar-refractivity contribution in [3.05, 3.63) is 39.9 Å². The molecule has 0 aromatic heterocycles. The van der Waals surface area contributed by atoms with Gasteiger partial charge >= 0.3 is 47.8 Å². The molecule has 4 nitrogen and oxygen atoms in total. The molecule has 37 heavy (non-hydrogen) atoms. The Bertz CT molecular complexity index is 1010. The van der Waals surface area contributed by atoms with E-state index in [1.165, 1.54) is 0 Å². The third-order valence-electron chi connectivity index (χ3n) is 4.51. The lowest BCUT2D eigenvalue weighted by Gasteiger charge is -2.43. The SMILES string of the molecule is O=[N+]([O-])c1ccccc1CN(F)C(F)(F)C(F)(F)C(F)(F)C(F)(F)C(F)(F)C(F)(F)C(F)(F)C(F)(F)F. The molecular formula is C15H6F18N2O2. The van der Waals surface area contributed by atoms with Crippen molar-refractivity contribution in [1.29, 1.82) is 0 Å². The molecule has 22 heteroatoms. The zero-order valence-electron chi connectivity index (χ0n) is 16.5. The van der Waals surface area contributed by atoms with Crippen molar-refractivity contribution in [2.75, 3.05) is 0 Å². The Hall–Kier alpha value is -2.68. The van der Waals surface area contributed by atoms with Crippen LogP contribution in [-0.2, 0) is 6.54 Å². The molecule has 0 aliphatic carbocycles.